The Kier molecular flexibility index (Phi) is 22.1. The molecule has 7 aromatic rings. The van der Waals surface area contributed by atoms with Crippen LogP contribution in [0, 0.1) is 20.8 Å². The second-order valence-electron chi connectivity index (χ2n) is 24.4. The zero-order valence-electron chi connectivity index (χ0n) is 55.6. The van der Waals surface area contributed by atoms with E-state index in [1.165, 1.54) is 81.1 Å². The van der Waals surface area contributed by atoms with Gasteiger partial charge in [0, 0.05) is 120 Å². The Bertz CT molecular complexity index is 4430. The molecule has 0 bridgehead atoms. The number of nitrogens with zero attached hydrogens (tertiary/aromatic N) is 15. The highest BCUT2D eigenvalue weighted by molar-refractivity contribution is 8.13. The lowest BCUT2D eigenvalue weighted by Gasteiger charge is -2.42. The predicted molar refractivity (Wildman–Crippen MR) is 387 cm³/mol. The largest absolute Gasteiger partial charge is 0.478 e. The van der Waals surface area contributed by atoms with Gasteiger partial charge in [-0.1, -0.05) is 138 Å². The highest BCUT2D eigenvalue weighted by Crippen LogP contribution is 2.35. The van der Waals surface area contributed by atoms with Crippen LogP contribution in [0.5, 0.6) is 0 Å². The van der Waals surface area contributed by atoms with Crippen LogP contribution >= 0.6 is 35.0 Å². The minimum atomic E-state index is -1.06. The van der Waals surface area contributed by atoms with Gasteiger partial charge >= 0.3 is 5.97 Å². The third-order valence-electron chi connectivity index (χ3n) is 18.2. The van der Waals surface area contributed by atoms with Gasteiger partial charge in [0.1, 0.15) is 0 Å². The molecule has 0 radical (unpaired) electrons. The summed E-state index contributed by atoms with van der Waals surface area (Å²) in [5, 5.41) is 13.1. The smallest absolute Gasteiger partial charge is 0.338 e. The van der Waals surface area contributed by atoms with Crippen molar-refractivity contribution in [3.05, 3.63) is 247 Å². The van der Waals surface area contributed by atoms with Gasteiger partial charge in [0.05, 0.1) is 89.4 Å². The number of amidine groups is 1. The molecule has 99 heavy (non-hydrogen) atoms. The highest BCUT2D eigenvalue weighted by Gasteiger charge is 2.43. The number of halogens is 2. The van der Waals surface area contributed by atoms with Crippen LogP contribution in [0.4, 0.5) is 5.69 Å². The molecule has 0 saturated heterocycles. The van der Waals surface area contributed by atoms with Crippen molar-refractivity contribution in [3.8, 4) is 0 Å². The quantitative estimate of drug-likeness (QED) is 0.130. The lowest BCUT2D eigenvalue weighted by molar-refractivity contribution is -0.125. The van der Waals surface area contributed by atoms with Crippen molar-refractivity contribution in [1.82, 2.24) is 54.6 Å². The number of carboxylic acid groups (broad SMARTS) is 1. The first kappa shape index (κ1) is 69.0. The molecule has 22 nitrogen and oxygen atoms in total. The number of benzene rings is 4. The average molecular weight is 1390 g/mol. The number of aryl methyl sites for hydroxylation is 3. The zero-order chi connectivity index (χ0) is 69.1. The molecule has 0 atom stereocenters. The molecule has 0 unspecified atom stereocenters. The Hall–Kier alpha value is -9.91. The van der Waals surface area contributed by atoms with Gasteiger partial charge in [0.2, 0.25) is 17.9 Å². The monoisotopic (exact) mass is 1390 g/mol. The van der Waals surface area contributed by atoms with Gasteiger partial charge in [0.25, 0.3) is 23.6 Å². The molecule has 0 fully saturated rings. The first-order valence-corrected chi connectivity index (χ1v) is 34.9. The van der Waals surface area contributed by atoms with Gasteiger partial charge in [-0.25, -0.2) is 4.79 Å². The van der Waals surface area contributed by atoms with E-state index >= 15 is 0 Å². The number of carbonyl (C=O) groups is 5. The fraction of sp³-hybridized carbons (Fsp3) is 0.297. The number of anilines is 1. The Balaban J connectivity index is 0.000000122. The Labute approximate surface area is 589 Å². The van der Waals surface area contributed by atoms with Gasteiger partial charge in [-0.3, -0.25) is 78.6 Å². The van der Waals surface area contributed by atoms with E-state index in [0.717, 1.165) is 91.1 Å². The van der Waals surface area contributed by atoms with Crippen LogP contribution in [-0.2, 0) is 35.8 Å². The molecule has 0 spiro atoms. The molecular weight excluding hydrogens is 1310 g/mol. The van der Waals surface area contributed by atoms with E-state index in [1.807, 2.05) is 40.3 Å². The van der Waals surface area contributed by atoms with Crippen LogP contribution in [0.3, 0.4) is 0 Å². The SMILES string of the molecule is CSC1=NCCN1C(=O)c1cnccc1Cl.Cc1ccccc1CN1C2=NCCN2C(=O)C2=C1CCN(Cc1ccccc1)C2.Cc1ccccc1CN1C2=NCCN2C(=O)C2=C1CCNC2.Cc1ccccc1CN1C2=NCCN2C(=O)c2cnccc21.O=C(O)c1cnccc1Cl. The topological polar surface area (TPSA) is 232 Å². The van der Waals surface area contributed by atoms with E-state index in [4.69, 9.17) is 33.3 Å². The third kappa shape index (κ3) is 15.4. The molecule has 0 saturated carbocycles. The summed E-state index contributed by atoms with van der Waals surface area (Å²) in [6.45, 7) is 18.1. The molecule has 0 aliphatic carbocycles. The van der Waals surface area contributed by atoms with Crippen molar-refractivity contribution in [2.24, 2.45) is 20.0 Å². The van der Waals surface area contributed by atoms with Crippen molar-refractivity contribution < 1.29 is 29.1 Å². The molecule has 3 aromatic heterocycles. The maximum atomic E-state index is 13.2. The lowest BCUT2D eigenvalue weighted by Crippen LogP contribution is -2.53. The Morgan fingerprint density at radius 1 is 0.525 bits per heavy atom. The zero-order valence-corrected chi connectivity index (χ0v) is 57.9. The summed E-state index contributed by atoms with van der Waals surface area (Å²) in [7, 11) is 0. The standard InChI is InChI=1S/C24H26N4O.C17H20N4O.C17H16N4O.C10H10ClN3OS.C6H4ClNO2/c1-18-7-5-6-10-20(18)16-28-22-11-13-26(15-19-8-3-2-4-9-19)17-21(22)23(29)27-14-12-25-24(27)28;2*1-12-4-2-3-5-13(12)11-21-15-6-7-18-10-14(15)16(22)20-9-8-19-17(20)21;1-16-10-13-4-5-14(10)9(15)7-6-12-3-2-8(7)11;7-5-1-2-8-3-4(5)6(9)10/h2-10H,11-17H2,1H3;2-5,18H,6-11H2,1H3;2-7,10H,8-9,11H2,1H3;2-3,6H,4-5H2,1H3;1-3H,(H,9,10). The number of pyridine rings is 3. The fourth-order valence-electron chi connectivity index (χ4n) is 13.0. The molecule has 2 N–H and O–H groups in total. The molecular formula is C74H76Cl2N16O6S. The summed E-state index contributed by atoms with van der Waals surface area (Å²) in [6.07, 6.45) is 12.7. The number of hydrogen-bond donors (Lipinski definition) is 2. The van der Waals surface area contributed by atoms with Crippen molar-refractivity contribution in [3.63, 3.8) is 0 Å². The van der Waals surface area contributed by atoms with E-state index in [2.05, 4.69) is 161 Å². The van der Waals surface area contributed by atoms with E-state index in [1.54, 1.807) is 34.5 Å². The summed E-state index contributed by atoms with van der Waals surface area (Å²) >= 11 is 12.9. The van der Waals surface area contributed by atoms with Gasteiger partial charge in [-0.15, -0.1) is 0 Å². The van der Waals surface area contributed by atoms with Crippen molar-refractivity contribution in [2.45, 2.75) is 59.8 Å². The number of rotatable bonds is 10. The molecule has 12 heterocycles. The molecule has 508 valence electrons. The Morgan fingerprint density at radius 3 is 1.56 bits per heavy atom. The van der Waals surface area contributed by atoms with Crippen LogP contribution in [0.15, 0.2) is 201 Å². The molecule has 16 rings (SSSR count). The van der Waals surface area contributed by atoms with E-state index < -0.39 is 5.97 Å². The first-order valence-electron chi connectivity index (χ1n) is 32.9. The highest BCUT2D eigenvalue weighted by atomic mass is 35.5. The minimum Gasteiger partial charge on any atom is -0.478 e. The normalized spacial score (nSPS) is 17.4. The van der Waals surface area contributed by atoms with Crippen molar-refractivity contribution >= 4 is 93.3 Å². The molecule has 4 amide bonds. The third-order valence-corrected chi connectivity index (χ3v) is 19.6. The maximum absolute atomic E-state index is 13.2. The van der Waals surface area contributed by atoms with Crippen LogP contribution in [0.2, 0.25) is 10.0 Å². The molecule has 9 aliphatic heterocycles. The fourth-order valence-corrected chi connectivity index (χ4v) is 14.0. The van der Waals surface area contributed by atoms with Crippen LogP contribution in [0.1, 0.15) is 82.9 Å². The summed E-state index contributed by atoms with van der Waals surface area (Å²) in [6, 6.07) is 40.7. The predicted octanol–water partition coefficient (Wildman–Crippen LogP) is 9.99. The van der Waals surface area contributed by atoms with E-state index in [-0.39, 0.29) is 34.2 Å². The van der Waals surface area contributed by atoms with Crippen molar-refractivity contribution in [2.75, 3.05) is 89.7 Å². The molecule has 9 aliphatic rings. The maximum Gasteiger partial charge on any atom is 0.338 e. The number of carbonyl (C=O) groups excluding carboxylic acids is 4. The number of aromatic nitrogens is 3. The second kappa shape index (κ2) is 31.7. The van der Waals surface area contributed by atoms with Crippen molar-refractivity contribution in [1.29, 1.82) is 0 Å². The van der Waals surface area contributed by atoms with E-state index in [9.17, 15) is 24.0 Å². The molecule has 4 aromatic carbocycles. The number of guanidine groups is 3. The Morgan fingerprint density at radius 2 is 1.01 bits per heavy atom. The second-order valence-corrected chi connectivity index (χ2v) is 26.0. The number of aliphatic imine (C=N–C) groups is 4. The summed E-state index contributed by atoms with van der Waals surface area (Å²) < 4.78 is 0. The van der Waals surface area contributed by atoms with Gasteiger partial charge < -0.3 is 25.1 Å². The van der Waals surface area contributed by atoms with Gasteiger partial charge in [-0.2, -0.15) is 0 Å². The number of amides is 4. The number of nitrogens with one attached hydrogen (secondary N) is 1. The average Bonchev–Trinajstić information content (AvgIpc) is 1.75. The number of thioether (sulfide) groups is 1. The van der Waals surface area contributed by atoms with E-state index in [0.29, 0.717) is 88.1 Å². The number of hydrogen-bond acceptors (Lipinski definition) is 18. The first-order chi connectivity index (χ1) is 48.2. The number of fused-ring (bicyclic) bond motifs is 4. The number of aromatic carboxylic acids is 1. The van der Waals surface area contributed by atoms with Crippen LogP contribution in [-0.4, -0.2) is 192 Å². The van der Waals surface area contributed by atoms with Crippen LogP contribution in [0.25, 0.3) is 0 Å². The number of carboxylic acids is 1. The van der Waals surface area contributed by atoms with Gasteiger partial charge in [0.15, 0.2) is 5.17 Å². The summed E-state index contributed by atoms with van der Waals surface area (Å²) in [5.74, 6) is 1.53. The van der Waals surface area contributed by atoms with Crippen LogP contribution < -0.4 is 10.2 Å². The minimum absolute atomic E-state index is 0.000355. The van der Waals surface area contributed by atoms with Gasteiger partial charge in [-0.05, 0) is 84.2 Å². The summed E-state index contributed by atoms with van der Waals surface area (Å²) in [5.41, 5.74) is 15.1. The lowest BCUT2D eigenvalue weighted by atomic mass is 9.99. The summed E-state index contributed by atoms with van der Waals surface area (Å²) in [4.78, 5) is 107. The molecule has 25 heteroatoms.